The molecule has 0 radical (unpaired) electrons. The van der Waals surface area contributed by atoms with Crippen molar-refractivity contribution < 1.29 is 4.39 Å². The molecule has 0 aromatic heterocycles. The lowest BCUT2D eigenvalue weighted by atomic mass is 10.1. The summed E-state index contributed by atoms with van der Waals surface area (Å²) < 4.78 is 13.0. The summed E-state index contributed by atoms with van der Waals surface area (Å²) in [6.45, 7) is 3.62. The van der Waals surface area contributed by atoms with Gasteiger partial charge >= 0.3 is 0 Å². The first-order valence-electron chi connectivity index (χ1n) is 4.29. The quantitative estimate of drug-likeness (QED) is 0.741. The van der Waals surface area contributed by atoms with Crippen molar-refractivity contribution in [1.82, 2.24) is 0 Å². The highest BCUT2D eigenvalue weighted by molar-refractivity contribution is 5.50. The summed E-state index contributed by atoms with van der Waals surface area (Å²) in [4.78, 5) is 0. The standard InChI is InChI=1S/C11H14FN/c1-8-3-5-10(7-11(8)12)6-4-9(2)13/h3-7,9H,13H2,1-2H3/b6-4+. The van der Waals surface area contributed by atoms with Gasteiger partial charge in [-0.15, -0.1) is 0 Å². The molecule has 0 aliphatic heterocycles. The van der Waals surface area contributed by atoms with Crippen LogP contribution in [0, 0.1) is 12.7 Å². The van der Waals surface area contributed by atoms with Crippen molar-refractivity contribution in [3.63, 3.8) is 0 Å². The number of benzene rings is 1. The highest BCUT2D eigenvalue weighted by Gasteiger charge is 1.96. The van der Waals surface area contributed by atoms with Crippen molar-refractivity contribution in [3.8, 4) is 0 Å². The van der Waals surface area contributed by atoms with Crippen LogP contribution in [-0.4, -0.2) is 6.04 Å². The van der Waals surface area contributed by atoms with Crippen molar-refractivity contribution in [1.29, 1.82) is 0 Å². The number of aryl methyl sites for hydroxylation is 1. The second-order valence-electron chi connectivity index (χ2n) is 3.23. The number of nitrogens with two attached hydrogens (primary N) is 1. The summed E-state index contributed by atoms with van der Waals surface area (Å²) >= 11 is 0. The summed E-state index contributed by atoms with van der Waals surface area (Å²) in [7, 11) is 0. The number of rotatable bonds is 2. The summed E-state index contributed by atoms with van der Waals surface area (Å²) in [5, 5.41) is 0. The smallest absolute Gasteiger partial charge is 0.126 e. The first kappa shape index (κ1) is 9.93. The van der Waals surface area contributed by atoms with E-state index in [1.165, 1.54) is 6.07 Å². The van der Waals surface area contributed by atoms with Gasteiger partial charge in [-0.3, -0.25) is 0 Å². The minimum Gasteiger partial charge on any atom is -0.325 e. The molecule has 1 atom stereocenters. The molecule has 0 fully saturated rings. The van der Waals surface area contributed by atoms with Crippen molar-refractivity contribution in [2.45, 2.75) is 19.9 Å². The normalized spacial score (nSPS) is 13.5. The topological polar surface area (TPSA) is 26.0 Å². The Kier molecular flexibility index (Phi) is 3.20. The zero-order chi connectivity index (χ0) is 9.84. The summed E-state index contributed by atoms with van der Waals surface area (Å²) in [6.07, 6.45) is 3.66. The Balaban J connectivity index is 2.85. The SMILES string of the molecule is Cc1ccc(/C=C/C(C)N)cc1F. The van der Waals surface area contributed by atoms with Crippen LogP contribution in [0.2, 0.25) is 0 Å². The van der Waals surface area contributed by atoms with Crippen LogP contribution in [0.15, 0.2) is 24.3 Å². The van der Waals surface area contributed by atoms with Crippen LogP contribution in [0.5, 0.6) is 0 Å². The molecule has 0 heterocycles. The van der Waals surface area contributed by atoms with Crippen LogP contribution in [-0.2, 0) is 0 Å². The predicted octanol–water partition coefficient (Wildman–Crippen LogP) is 2.49. The van der Waals surface area contributed by atoms with Crippen molar-refractivity contribution in [2.24, 2.45) is 5.73 Å². The third kappa shape index (κ3) is 2.99. The summed E-state index contributed by atoms with van der Waals surface area (Å²) in [5.74, 6) is -0.174. The lowest BCUT2D eigenvalue weighted by Gasteiger charge is -1.98. The van der Waals surface area contributed by atoms with Crippen LogP contribution in [0.3, 0.4) is 0 Å². The molecule has 1 rings (SSSR count). The van der Waals surface area contributed by atoms with Crippen LogP contribution in [0.4, 0.5) is 4.39 Å². The Labute approximate surface area is 78.1 Å². The van der Waals surface area contributed by atoms with Crippen LogP contribution >= 0.6 is 0 Å². The first-order valence-corrected chi connectivity index (χ1v) is 4.29. The summed E-state index contributed by atoms with van der Waals surface area (Å²) in [5.41, 5.74) is 7.04. The Bertz CT molecular complexity index is 316. The average molecular weight is 179 g/mol. The molecule has 0 aliphatic carbocycles. The maximum Gasteiger partial charge on any atom is 0.126 e. The van der Waals surface area contributed by atoms with E-state index in [0.717, 1.165) is 5.56 Å². The Morgan fingerprint density at radius 1 is 1.46 bits per heavy atom. The van der Waals surface area contributed by atoms with Gasteiger partial charge in [0.05, 0.1) is 0 Å². The third-order valence-corrected chi connectivity index (χ3v) is 1.79. The van der Waals surface area contributed by atoms with E-state index >= 15 is 0 Å². The number of hydrogen-bond donors (Lipinski definition) is 1. The van der Waals surface area contributed by atoms with Gasteiger partial charge in [-0.05, 0) is 31.0 Å². The molecule has 0 spiro atoms. The van der Waals surface area contributed by atoms with Gasteiger partial charge in [0.2, 0.25) is 0 Å². The molecule has 1 unspecified atom stereocenters. The molecule has 0 aliphatic rings. The molecule has 1 aromatic carbocycles. The predicted molar refractivity (Wildman–Crippen MR) is 53.8 cm³/mol. The average Bonchev–Trinajstić information content (AvgIpc) is 2.07. The van der Waals surface area contributed by atoms with Gasteiger partial charge in [-0.1, -0.05) is 24.3 Å². The molecule has 2 heteroatoms. The maximum atomic E-state index is 13.0. The molecule has 0 amide bonds. The molecule has 70 valence electrons. The highest BCUT2D eigenvalue weighted by atomic mass is 19.1. The molecule has 0 saturated carbocycles. The van der Waals surface area contributed by atoms with Gasteiger partial charge in [0.15, 0.2) is 0 Å². The summed E-state index contributed by atoms with van der Waals surface area (Å²) in [6, 6.07) is 5.14. The van der Waals surface area contributed by atoms with E-state index in [4.69, 9.17) is 5.73 Å². The van der Waals surface area contributed by atoms with Gasteiger partial charge in [0, 0.05) is 6.04 Å². The van der Waals surface area contributed by atoms with E-state index in [0.29, 0.717) is 5.56 Å². The van der Waals surface area contributed by atoms with Crippen LogP contribution < -0.4 is 5.73 Å². The molecular formula is C11H14FN. The van der Waals surface area contributed by atoms with Gasteiger partial charge < -0.3 is 5.73 Å². The second kappa shape index (κ2) is 4.19. The van der Waals surface area contributed by atoms with Gasteiger partial charge in [0.1, 0.15) is 5.82 Å². The molecular weight excluding hydrogens is 165 g/mol. The van der Waals surface area contributed by atoms with Gasteiger partial charge in [0.25, 0.3) is 0 Å². The molecule has 0 bridgehead atoms. The van der Waals surface area contributed by atoms with E-state index in [1.807, 2.05) is 25.1 Å². The zero-order valence-electron chi connectivity index (χ0n) is 7.92. The van der Waals surface area contributed by atoms with Crippen molar-refractivity contribution in [3.05, 3.63) is 41.2 Å². The fraction of sp³-hybridized carbons (Fsp3) is 0.273. The first-order chi connectivity index (χ1) is 6.09. The zero-order valence-corrected chi connectivity index (χ0v) is 7.92. The second-order valence-corrected chi connectivity index (χ2v) is 3.23. The van der Waals surface area contributed by atoms with Crippen LogP contribution in [0.1, 0.15) is 18.1 Å². The van der Waals surface area contributed by atoms with Gasteiger partial charge in [-0.25, -0.2) is 4.39 Å². The minimum atomic E-state index is -0.174. The van der Waals surface area contributed by atoms with E-state index in [2.05, 4.69) is 0 Å². The van der Waals surface area contributed by atoms with Gasteiger partial charge in [-0.2, -0.15) is 0 Å². The molecule has 1 nitrogen and oxygen atoms in total. The van der Waals surface area contributed by atoms with E-state index in [1.54, 1.807) is 13.0 Å². The highest BCUT2D eigenvalue weighted by Crippen LogP contribution is 2.10. The lowest BCUT2D eigenvalue weighted by Crippen LogP contribution is -2.09. The molecule has 0 saturated heterocycles. The fourth-order valence-electron chi connectivity index (χ4n) is 0.976. The number of hydrogen-bond acceptors (Lipinski definition) is 1. The van der Waals surface area contributed by atoms with E-state index in [-0.39, 0.29) is 11.9 Å². The fourth-order valence-corrected chi connectivity index (χ4v) is 0.976. The molecule has 13 heavy (non-hydrogen) atoms. The molecule has 2 N–H and O–H groups in total. The number of halogens is 1. The van der Waals surface area contributed by atoms with Crippen molar-refractivity contribution >= 4 is 6.08 Å². The Morgan fingerprint density at radius 3 is 2.69 bits per heavy atom. The maximum absolute atomic E-state index is 13.0. The lowest BCUT2D eigenvalue weighted by molar-refractivity contribution is 0.618. The third-order valence-electron chi connectivity index (χ3n) is 1.79. The van der Waals surface area contributed by atoms with E-state index in [9.17, 15) is 4.39 Å². The Hall–Kier alpha value is -1.15. The van der Waals surface area contributed by atoms with E-state index < -0.39 is 0 Å². The van der Waals surface area contributed by atoms with Crippen LogP contribution in [0.25, 0.3) is 6.08 Å². The van der Waals surface area contributed by atoms with Crippen molar-refractivity contribution in [2.75, 3.05) is 0 Å². The minimum absolute atomic E-state index is 0.00404. The largest absolute Gasteiger partial charge is 0.325 e. The molecule has 1 aromatic rings. The monoisotopic (exact) mass is 179 g/mol. The Morgan fingerprint density at radius 2 is 2.15 bits per heavy atom.